The van der Waals surface area contributed by atoms with Gasteiger partial charge in [-0.05, 0) is 42.8 Å². The fraction of sp³-hybridized carbons (Fsp3) is 0.444. The van der Waals surface area contributed by atoms with Gasteiger partial charge in [0.15, 0.2) is 9.84 Å². The molecule has 1 aliphatic heterocycles. The van der Waals surface area contributed by atoms with Crippen molar-refractivity contribution in [2.45, 2.75) is 25.1 Å². The van der Waals surface area contributed by atoms with Crippen LogP contribution in [0.2, 0.25) is 0 Å². The van der Waals surface area contributed by atoms with Crippen LogP contribution in [0.25, 0.3) is 0 Å². The number of halogens is 1. The molecule has 2 unspecified atom stereocenters. The maximum atomic E-state index is 12.9. The molecule has 2 atom stereocenters. The Bertz CT molecular complexity index is 791. The average molecular weight is 383 g/mol. The zero-order valence-electron chi connectivity index (χ0n) is 14.3. The van der Waals surface area contributed by atoms with Crippen LogP contribution in [0.15, 0.2) is 47.1 Å². The van der Waals surface area contributed by atoms with Gasteiger partial charge in [0.05, 0.1) is 24.3 Å². The van der Waals surface area contributed by atoms with Crippen LogP contribution < -0.4 is 4.74 Å². The minimum atomic E-state index is -3.04. The summed E-state index contributed by atoms with van der Waals surface area (Å²) >= 11 is 0. The molecule has 0 radical (unpaired) electrons. The topological polar surface area (TPSA) is 80.0 Å². The molecule has 0 aliphatic carbocycles. The van der Waals surface area contributed by atoms with E-state index in [2.05, 4.69) is 0 Å². The van der Waals surface area contributed by atoms with Crippen LogP contribution in [-0.4, -0.2) is 55.2 Å². The van der Waals surface area contributed by atoms with Crippen molar-refractivity contribution in [2.24, 2.45) is 0 Å². The van der Waals surface area contributed by atoms with Gasteiger partial charge < -0.3 is 14.3 Å². The molecule has 1 aromatic heterocycles. The highest BCUT2D eigenvalue weighted by atomic mass is 32.2. The first-order chi connectivity index (χ1) is 12.4. The SMILES string of the molecule is O=S1(=O)CCC(N(Cc2ccco2)CC(O)COc2ccc(F)cc2)C1. The highest BCUT2D eigenvalue weighted by Gasteiger charge is 2.33. The number of hydrogen-bond acceptors (Lipinski definition) is 6. The summed E-state index contributed by atoms with van der Waals surface area (Å²) in [6, 6.07) is 8.98. The third-order valence-electron chi connectivity index (χ3n) is 4.37. The molecule has 0 bridgehead atoms. The highest BCUT2D eigenvalue weighted by molar-refractivity contribution is 7.91. The molecule has 1 fully saturated rings. The molecule has 1 N–H and O–H groups in total. The van der Waals surface area contributed by atoms with Crippen molar-refractivity contribution in [1.29, 1.82) is 0 Å². The molecule has 8 heteroatoms. The number of rotatable bonds is 8. The van der Waals surface area contributed by atoms with Gasteiger partial charge in [-0.25, -0.2) is 12.8 Å². The molecular weight excluding hydrogens is 361 g/mol. The van der Waals surface area contributed by atoms with Crippen molar-refractivity contribution in [3.05, 3.63) is 54.2 Å². The van der Waals surface area contributed by atoms with E-state index < -0.39 is 15.9 Å². The molecule has 6 nitrogen and oxygen atoms in total. The number of ether oxygens (including phenoxy) is 1. The largest absolute Gasteiger partial charge is 0.491 e. The molecule has 1 aliphatic rings. The van der Waals surface area contributed by atoms with Gasteiger partial charge in [-0.3, -0.25) is 4.90 Å². The molecule has 2 heterocycles. The molecule has 0 saturated carbocycles. The summed E-state index contributed by atoms with van der Waals surface area (Å²) in [5, 5.41) is 10.3. The predicted molar refractivity (Wildman–Crippen MR) is 94.1 cm³/mol. The van der Waals surface area contributed by atoms with E-state index >= 15 is 0 Å². The third-order valence-corrected chi connectivity index (χ3v) is 6.12. The zero-order valence-corrected chi connectivity index (χ0v) is 15.1. The van der Waals surface area contributed by atoms with Crippen molar-refractivity contribution < 1.29 is 27.1 Å². The summed E-state index contributed by atoms with van der Waals surface area (Å²) in [4.78, 5) is 1.92. The van der Waals surface area contributed by atoms with E-state index in [0.29, 0.717) is 24.5 Å². The Labute approximate surface area is 152 Å². The minimum absolute atomic E-state index is 0.0275. The number of sulfone groups is 1. The second-order valence-electron chi connectivity index (χ2n) is 6.48. The van der Waals surface area contributed by atoms with E-state index in [9.17, 15) is 17.9 Å². The zero-order chi connectivity index (χ0) is 18.6. The van der Waals surface area contributed by atoms with Gasteiger partial charge in [0, 0.05) is 12.6 Å². The van der Waals surface area contributed by atoms with Gasteiger partial charge >= 0.3 is 0 Å². The van der Waals surface area contributed by atoms with Crippen molar-refractivity contribution in [3.63, 3.8) is 0 Å². The van der Waals surface area contributed by atoms with Crippen molar-refractivity contribution in [2.75, 3.05) is 24.7 Å². The maximum absolute atomic E-state index is 12.9. The van der Waals surface area contributed by atoms with E-state index in [0.717, 1.165) is 0 Å². The van der Waals surface area contributed by atoms with Crippen LogP contribution in [0.1, 0.15) is 12.2 Å². The summed E-state index contributed by atoms with van der Waals surface area (Å²) in [7, 11) is -3.04. The summed E-state index contributed by atoms with van der Waals surface area (Å²) < 4.78 is 47.3. The third kappa shape index (κ3) is 5.30. The number of benzene rings is 1. The molecule has 3 rings (SSSR count). The molecule has 0 amide bonds. The fourth-order valence-corrected chi connectivity index (χ4v) is 4.82. The van der Waals surface area contributed by atoms with E-state index in [-0.39, 0.29) is 36.5 Å². The monoisotopic (exact) mass is 383 g/mol. The van der Waals surface area contributed by atoms with Crippen molar-refractivity contribution >= 4 is 9.84 Å². The van der Waals surface area contributed by atoms with Crippen LogP contribution in [0.4, 0.5) is 4.39 Å². The first kappa shape index (κ1) is 18.9. The van der Waals surface area contributed by atoms with Gasteiger partial charge in [0.1, 0.15) is 30.0 Å². The number of nitrogens with zero attached hydrogens (tertiary/aromatic N) is 1. The van der Waals surface area contributed by atoms with Crippen LogP contribution in [0.5, 0.6) is 5.75 Å². The Morgan fingerprint density at radius 3 is 2.69 bits per heavy atom. The van der Waals surface area contributed by atoms with E-state index in [1.807, 2.05) is 11.0 Å². The van der Waals surface area contributed by atoms with Crippen LogP contribution in [0, 0.1) is 5.82 Å². The van der Waals surface area contributed by atoms with Gasteiger partial charge in [-0.15, -0.1) is 0 Å². The van der Waals surface area contributed by atoms with E-state index in [4.69, 9.17) is 9.15 Å². The van der Waals surface area contributed by atoms with Crippen LogP contribution in [0.3, 0.4) is 0 Å². The van der Waals surface area contributed by atoms with Gasteiger partial charge in [0.2, 0.25) is 0 Å². The molecule has 142 valence electrons. The second kappa shape index (κ2) is 8.20. The number of aliphatic hydroxyl groups is 1. The molecule has 2 aromatic rings. The van der Waals surface area contributed by atoms with Gasteiger partial charge in [0.25, 0.3) is 0 Å². The molecule has 0 spiro atoms. The smallest absolute Gasteiger partial charge is 0.151 e. The molecule has 26 heavy (non-hydrogen) atoms. The van der Waals surface area contributed by atoms with E-state index in [1.165, 1.54) is 24.3 Å². The Morgan fingerprint density at radius 2 is 2.08 bits per heavy atom. The number of aliphatic hydroxyl groups excluding tert-OH is 1. The summed E-state index contributed by atoms with van der Waals surface area (Å²) in [6.45, 7) is 0.697. The Morgan fingerprint density at radius 1 is 1.31 bits per heavy atom. The average Bonchev–Trinajstić information content (AvgIpc) is 3.23. The Kier molecular flexibility index (Phi) is 5.95. The molecule has 1 saturated heterocycles. The standard InChI is InChI=1S/C18H22FNO5S/c19-14-3-5-17(6-4-14)25-12-16(21)10-20(11-18-2-1-8-24-18)15-7-9-26(22,23)13-15/h1-6,8,15-16,21H,7,9-13H2. The minimum Gasteiger partial charge on any atom is -0.491 e. The number of hydrogen-bond donors (Lipinski definition) is 1. The maximum Gasteiger partial charge on any atom is 0.151 e. The number of furan rings is 1. The Balaban J connectivity index is 1.59. The Hall–Kier alpha value is -1.90. The lowest BCUT2D eigenvalue weighted by molar-refractivity contribution is 0.0497. The molecular formula is C18H22FNO5S. The fourth-order valence-electron chi connectivity index (χ4n) is 3.06. The normalized spacial score (nSPS) is 20.3. The lowest BCUT2D eigenvalue weighted by Crippen LogP contribution is -2.42. The first-order valence-corrected chi connectivity index (χ1v) is 10.3. The summed E-state index contributed by atoms with van der Waals surface area (Å²) in [6.07, 6.45) is 1.28. The quantitative estimate of drug-likeness (QED) is 0.749. The lowest BCUT2D eigenvalue weighted by atomic mass is 10.2. The van der Waals surface area contributed by atoms with Gasteiger partial charge in [-0.2, -0.15) is 0 Å². The van der Waals surface area contributed by atoms with Crippen LogP contribution >= 0.6 is 0 Å². The van der Waals surface area contributed by atoms with E-state index in [1.54, 1.807) is 12.3 Å². The van der Waals surface area contributed by atoms with Crippen molar-refractivity contribution in [1.82, 2.24) is 4.90 Å². The first-order valence-electron chi connectivity index (χ1n) is 8.44. The van der Waals surface area contributed by atoms with Crippen LogP contribution in [-0.2, 0) is 16.4 Å². The predicted octanol–water partition coefficient (Wildman–Crippen LogP) is 1.85. The molecule has 1 aromatic carbocycles. The highest BCUT2D eigenvalue weighted by Crippen LogP contribution is 2.21. The van der Waals surface area contributed by atoms with Crippen molar-refractivity contribution in [3.8, 4) is 5.75 Å². The second-order valence-corrected chi connectivity index (χ2v) is 8.71. The summed E-state index contributed by atoms with van der Waals surface area (Å²) in [5.74, 6) is 1.06. The lowest BCUT2D eigenvalue weighted by Gasteiger charge is -2.29. The van der Waals surface area contributed by atoms with Gasteiger partial charge in [-0.1, -0.05) is 0 Å². The summed E-state index contributed by atoms with van der Waals surface area (Å²) in [5.41, 5.74) is 0.